The molecule has 102 valence electrons. The van der Waals surface area contributed by atoms with Crippen molar-refractivity contribution in [1.82, 2.24) is 10.6 Å². The van der Waals surface area contributed by atoms with Gasteiger partial charge in [0.25, 0.3) is 0 Å². The van der Waals surface area contributed by atoms with Gasteiger partial charge < -0.3 is 10.6 Å². The smallest absolute Gasteiger partial charge is 0.0595 e. The van der Waals surface area contributed by atoms with Crippen LogP contribution in [0.15, 0.2) is 18.2 Å². The average molecular weight is 289 g/mol. The second-order valence-corrected chi connectivity index (χ2v) is 5.69. The molecule has 2 nitrogen and oxygen atoms in total. The van der Waals surface area contributed by atoms with Crippen LogP contribution in [0.25, 0.3) is 0 Å². The van der Waals surface area contributed by atoms with Gasteiger partial charge in [-0.1, -0.05) is 43.1 Å². The number of halogens is 2. The minimum Gasteiger partial charge on any atom is -0.316 e. The van der Waals surface area contributed by atoms with Crippen molar-refractivity contribution in [1.29, 1.82) is 0 Å². The van der Waals surface area contributed by atoms with E-state index in [1.807, 2.05) is 18.2 Å². The Morgan fingerprint density at radius 3 is 2.44 bits per heavy atom. The van der Waals surface area contributed by atoms with Crippen molar-refractivity contribution in [3.05, 3.63) is 33.8 Å². The highest BCUT2D eigenvalue weighted by Gasteiger charge is 1.99. The molecule has 0 radical (unpaired) electrons. The first-order valence-corrected chi connectivity index (χ1v) is 7.20. The normalized spacial score (nSPS) is 11.2. The molecule has 0 heterocycles. The van der Waals surface area contributed by atoms with Crippen LogP contribution in [0.3, 0.4) is 0 Å². The average Bonchev–Trinajstić information content (AvgIpc) is 2.32. The summed E-state index contributed by atoms with van der Waals surface area (Å²) in [5.41, 5.74) is 1.17. The van der Waals surface area contributed by atoms with Gasteiger partial charge in [0, 0.05) is 6.54 Å². The van der Waals surface area contributed by atoms with Crippen molar-refractivity contribution in [3.8, 4) is 0 Å². The molecule has 0 unspecified atom stereocenters. The van der Waals surface area contributed by atoms with E-state index in [1.165, 1.54) is 5.56 Å². The van der Waals surface area contributed by atoms with E-state index in [0.717, 1.165) is 32.6 Å². The molecule has 0 fully saturated rings. The predicted octanol–water partition coefficient (Wildman–Crippen LogP) is 3.72. The monoisotopic (exact) mass is 288 g/mol. The van der Waals surface area contributed by atoms with Crippen molar-refractivity contribution in [2.45, 2.75) is 26.8 Å². The van der Waals surface area contributed by atoms with E-state index in [-0.39, 0.29) is 0 Å². The Morgan fingerprint density at radius 2 is 1.78 bits per heavy atom. The maximum atomic E-state index is 5.96. The Balaban J connectivity index is 2.09. The van der Waals surface area contributed by atoms with Gasteiger partial charge in [-0.25, -0.2) is 0 Å². The third-order valence-electron chi connectivity index (χ3n) is 2.57. The minimum atomic E-state index is 0.610. The summed E-state index contributed by atoms with van der Waals surface area (Å²) in [7, 11) is 0. The van der Waals surface area contributed by atoms with E-state index < -0.39 is 0 Å². The molecule has 0 spiro atoms. The van der Waals surface area contributed by atoms with Crippen molar-refractivity contribution >= 4 is 23.2 Å². The Morgan fingerprint density at radius 1 is 1.06 bits per heavy atom. The third kappa shape index (κ3) is 6.60. The molecule has 0 saturated carbocycles. The second-order valence-electron chi connectivity index (χ2n) is 4.88. The summed E-state index contributed by atoms with van der Waals surface area (Å²) in [5.74, 6) is 0.717. The largest absolute Gasteiger partial charge is 0.316 e. The highest BCUT2D eigenvalue weighted by atomic mass is 35.5. The van der Waals surface area contributed by atoms with Crippen LogP contribution in [0.1, 0.15) is 25.8 Å². The first-order chi connectivity index (χ1) is 8.59. The SMILES string of the molecule is CC(C)CNCCCNCc1ccc(Cl)c(Cl)c1. The summed E-state index contributed by atoms with van der Waals surface area (Å²) < 4.78 is 0. The molecule has 18 heavy (non-hydrogen) atoms. The minimum absolute atomic E-state index is 0.610. The molecule has 0 atom stereocenters. The highest BCUT2D eigenvalue weighted by Crippen LogP contribution is 2.22. The Hall–Kier alpha value is -0.280. The summed E-state index contributed by atoms with van der Waals surface area (Å²) in [6, 6.07) is 5.75. The fraction of sp³-hybridized carbons (Fsp3) is 0.571. The lowest BCUT2D eigenvalue weighted by atomic mass is 10.2. The molecule has 0 aliphatic rings. The number of rotatable bonds is 8. The Bertz CT molecular complexity index is 354. The van der Waals surface area contributed by atoms with Crippen LogP contribution < -0.4 is 10.6 Å². The van der Waals surface area contributed by atoms with E-state index in [0.29, 0.717) is 16.0 Å². The first kappa shape index (κ1) is 15.8. The molecule has 0 aromatic heterocycles. The maximum Gasteiger partial charge on any atom is 0.0595 e. The lowest BCUT2D eigenvalue weighted by Crippen LogP contribution is -2.24. The number of benzene rings is 1. The lowest BCUT2D eigenvalue weighted by molar-refractivity contribution is 0.530. The molecule has 1 rings (SSSR count). The summed E-state index contributed by atoms with van der Waals surface area (Å²) in [5, 5.41) is 8.05. The maximum absolute atomic E-state index is 5.96. The molecule has 0 aliphatic heterocycles. The highest BCUT2D eigenvalue weighted by molar-refractivity contribution is 6.42. The third-order valence-corrected chi connectivity index (χ3v) is 3.31. The summed E-state index contributed by atoms with van der Waals surface area (Å²) in [6.45, 7) is 8.43. The van der Waals surface area contributed by atoms with Gasteiger partial charge in [0.2, 0.25) is 0 Å². The van der Waals surface area contributed by atoms with Crippen LogP contribution in [-0.2, 0) is 6.54 Å². The zero-order chi connectivity index (χ0) is 13.4. The first-order valence-electron chi connectivity index (χ1n) is 6.45. The molecule has 0 aliphatic carbocycles. The van der Waals surface area contributed by atoms with E-state index in [4.69, 9.17) is 23.2 Å². The Kier molecular flexibility index (Phi) is 7.68. The molecule has 1 aromatic rings. The number of hydrogen-bond acceptors (Lipinski definition) is 2. The Labute approximate surface area is 120 Å². The van der Waals surface area contributed by atoms with Crippen LogP contribution >= 0.6 is 23.2 Å². The fourth-order valence-corrected chi connectivity index (χ4v) is 1.93. The van der Waals surface area contributed by atoms with Gasteiger partial charge in [0.15, 0.2) is 0 Å². The van der Waals surface area contributed by atoms with Gasteiger partial charge in [0.05, 0.1) is 10.0 Å². The lowest BCUT2D eigenvalue weighted by Gasteiger charge is -2.08. The van der Waals surface area contributed by atoms with Crippen molar-refractivity contribution in [2.24, 2.45) is 5.92 Å². The molecule has 0 bridgehead atoms. The zero-order valence-electron chi connectivity index (χ0n) is 11.1. The summed E-state index contributed by atoms with van der Waals surface area (Å²) in [4.78, 5) is 0. The van der Waals surface area contributed by atoms with E-state index in [9.17, 15) is 0 Å². The van der Waals surface area contributed by atoms with Gasteiger partial charge >= 0.3 is 0 Å². The standard InChI is InChI=1S/C14H22Cl2N2/c1-11(2)9-17-6-3-7-18-10-12-4-5-13(15)14(16)8-12/h4-5,8,11,17-18H,3,6-7,9-10H2,1-2H3. The quantitative estimate of drug-likeness (QED) is 0.713. The zero-order valence-corrected chi connectivity index (χ0v) is 12.6. The molecular weight excluding hydrogens is 267 g/mol. The summed E-state index contributed by atoms with van der Waals surface area (Å²) >= 11 is 11.8. The van der Waals surface area contributed by atoms with Crippen LogP contribution in [0.2, 0.25) is 10.0 Å². The van der Waals surface area contributed by atoms with E-state index >= 15 is 0 Å². The molecule has 4 heteroatoms. The van der Waals surface area contributed by atoms with Crippen molar-refractivity contribution in [2.75, 3.05) is 19.6 Å². The van der Waals surface area contributed by atoms with Gasteiger partial charge in [-0.05, 0) is 49.7 Å². The van der Waals surface area contributed by atoms with Crippen LogP contribution in [0, 0.1) is 5.92 Å². The molecule has 0 amide bonds. The van der Waals surface area contributed by atoms with Crippen LogP contribution in [0.4, 0.5) is 0 Å². The molecule has 0 saturated heterocycles. The van der Waals surface area contributed by atoms with Gasteiger partial charge in [-0.15, -0.1) is 0 Å². The van der Waals surface area contributed by atoms with E-state index in [2.05, 4.69) is 24.5 Å². The molecular formula is C14H22Cl2N2. The van der Waals surface area contributed by atoms with Crippen molar-refractivity contribution in [3.63, 3.8) is 0 Å². The second kappa shape index (κ2) is 8.76. The fourth-order valence-electron chi connectivity index (χ4n) is 1.61. The van der Waals surface area contributed by atoms with Crippen LogP contribution in [-0.4, -0.2) is 19.6 Å². The van der Waals surface area contributed by atoms with E-state index in [1.54, 1.807) is 0 Å². The number of hydrogen-bond donors (Lipinski definition) is 2. The van der Waals surface area contributed by atoms with Gasteiger partial charge in [-0.2, -0.15) is 0 Å². The van der Waals surface area contributed by atoms with Gasteiger partial charge in [-0.3, -0.25) is 0 Å². The molecule has 1 aromatic carbocycles. The molecule has 2 N–H and O–H groups in total. The topological polar surface area (TPSA) is 24.1 Å². The van der Waals surface area contributed by atoms with Gasteiger partial charge in [0.1, 0.15) is 0 Å². The van der Waals surface area contributed by atoms with Crippen LogP contribution in [0.5, 0.6) is 0 Å². The van der Waals surface area contributed by atoms with Crippen molar-refractivity contribution < 1.29 is 0 Å². The summed E-state index contributed by atoms with van der Waals surface area (Å²) in [6.07, 6.45) is 1.13. The number of nitrogens with one attached hydrogen (secondary N) is 2. The predicted molar refractivity (Wildman–Crippen MR) is 80.5 cm³/mol.